The van der Waals surface area contributed by atoms with Crippen molar-refractivity contribution in [3.63, 3.8) is 0 Å². The number of hydrogen-bond donors (Lipinski definition) is 0. The highest BCUT2D eigenvalue weighted by molar-refractivity contribution is 7.63. The van der Waals surface area contributed by atoms with Gasteiger partial charge in [0.1, 0.15) is 22.6 Å². The van der Waals surface area contributed by atoms with Crippen molar-refractivity contribution in [3.8, 4) is 11.5 Å². The number of benzene rings is 3. The first-order valence-electron chi connectivity index (χ1n) is 10.4. The average molecular weight is 454 g/mol. The van der Waals surface area contributed by atoms with Gasteiger partial charge in [0.2, 0.25) is 0 Å². The predicted molar refractivity (Wildman–Crippen MR) is 123 cm³/mol. The molecule has 5 nitrogen and oxygen atoms in total. The fourth-order valence-corrected chi connectivity index (χ4v) is 5.18. The minimum absolute atomic E-state index is 0.216. The highest BCUT2D eigenvalue weighted by Gasteiger charge is 2.54. The fraction of sp³-hybridized carbons (Fsp3) is 0.250. The van der Waals surface area contributed by atoms with Crippen LogP contribution in [0.3, 0.4) is 0 Å². The molecule has 1 fully saturated rings. The van der Waals surface area contributed by atoms with Gasteiger partial charge in [-0.2, -0.15) is 0 Å². The highest BCUT2D eigenvalue weighted by atomic mass is 31.2. The van der Waals surface area contributed by atoms with Crippen LogP contribution < -0.4 is 19.8 Å². The number of halogens is 1. The first-order chi connectivity index (χ1) is 15.1. The Balaban J connectivity index is 1.84. The molecular weight excluding hydrogens is 429 g/mol. The average Bonchev–Trinajstić information content (AvgIpc) is 2.96. The molecule has 0 bridgehead atoms. The first-order valence-corrected chi connectivity index (χ1v) is 11.9. The lowest BCUT2D eigenvalue weighted by Crippen LogP contribution is -2.45. The molecule has 1 heterocycles. The van der Waals surface area contributed by atoms with E-state index in [9.17, 15) is 4.57 Å². The molecule has 0 saturated carbocycles. The van der Waals surface area contributed by atoms with Gasteiger partial charge in [-0.3, -0.25) is 0 Å². The summed E-state index contributed by atoms with van der Waals surface area (Å²) in [4.78, 5) is 0. The van der Waals surface area contributed by atoms with E-state index in [4.69, 9.17) is 18.4 Å². The van der Waals surface area contributed by atoms with Crippen LogP contribution in [0.5, 0.6) is 11.5 Å². The third-order valence-electron chi connectivity index (χ3n) is 5.74. The van der Waals surface area contributed by atoms with Gasteiger partial charge in [-0.1, -0.05) is 48.5 Å². The SMILES string of the molecule is CC1(C)OB(c2cccc(F)c2P(=O)(Oc2ccccc2)Oc2ccccc2)OC1(C)C. The van der Waals surface area contributed by atoms with E-state index in [2.05, 4.69) is 0 Å². The van der Waals surface area contributed by atoms with Crippen molar-refractivity contribution in [2.45, 2.75) is 38.9 Å². The van der Waals surface area contributed by atoms with Gasteiger partial charge in [-0.25, -0.2) is 8.96 Å². The Morgan fingerprint density at radius 3 is 1.69 bits per heavy atom. The molecule has 4 rings (SSSR count). The largest absolute Gasteiger partial charge is 0.495 e. The third-order valence-corrected chi connectivity index (χ3v) is 7.66. The standard InChI is InChI=1S/C24H25BFO5P/c1-23(2)24(3,4)31-25(30-23)20-16-11-17-21(26)22(20)32(27,28-18-12-7-5-8-13-18)29-19-14-9-6-10-15-19/h5-17H,1-4H3. The Morgan fingerprint density at radius 1 is 0.750 bits per heavy atom. The smallest absolute Gasteiger partial charge is 0.413 e. The van der Waals surface area contributed by atoms with Crippen molar-refractivity contribution < 1.29 is 27.3 Å². The Morgan fingerprint density at radius 2 is 1.22 bits per heavy atom. The summed E-state index contributed by atoms with van der Waals surface area (Å²) >= 11 is 0. The normalized spacial score (nSPS) is 17.2. The summed E-state index contributed by atoms with van der Waals surface area (Å²) in [5.41, 5.74) is -1.06. The monoisotopic (exact) mass is 454 g/mol. The zero-order valence-electron chi connectivity index (χ0n) is 18.4. The molecule has 0 radical (unpaired) electrons. The Kier molecular flexibility index (Phi) is 5.93. The van der Waals surface area contributed by atoms with Gasteiger partial charge in [0.05, 0.1) is 11.2 Å². The summed E-state index contributed by atoms with van der Waals surface area (Å²) in [6.45, 7) is 7.58. The molecule has 3 aromatic carbocycles. The summed E-state index contributed by atoms with van der Waals surface area (Å²) in [6, 6.07) is 21.4. The number of para-hydroxylation sites is 2. The summed E-state index contributed by atoms with van der Waals surface area (Å²) in [7, 11) is -5.21. The number of hydrogen-bond acceptors (Lipinski definition) is 5. The Bertz CT molecular complexity index is 1080. The molecule has 0 atom stereocenters. The summed E-state index contributed by atoms with van der Waals surface area (Å²) in [5.74, 6) is -0.155. The molecule has 0 amide bonds. The van der Waals surface area contributed by atoms with Crippen LogP contribution in [0.1, 0.15) is 27.7 Å². The number of rotatable bonds is 6. The quantitative estimate of drug-likeness (QED) is 0.383. The first kappa shape index (κ1) is 22.6. The van der Waals surface area contributed by atoms with Crippen LogP contribution >= 0.6 is 7.60 Å². The van der Waals surface area contributed by atoms with Crippen LogP contribution in [0.2, 0.25) is 0 Å². The minimum Gasteiger partial charge on any atom is -0.413 e. The maximum Gasteiger partial charge on any atom is 0.495 e. The van der Waals surface area contributed by atoms with Crippen molar-refractivity contribution in [2.75, 3.05) is 0 Å². The van der Waals surface area contributed by atoms with E-state index in [0.29, 0.717) is 0 Å². The van der Waals surface area contributed by atoms with Crippen molar-refractivity contribution in [1.29, 1.82) is 0 Å². The molecule has 0 aliphatic carbocycles. The van der Waals surface area contributed by atoms with Crippen molar-refractivity contribution >= 4 is 25.5 Å². The van der Waals surface area contributed by atoms with Gasteiger partial charge in [0, 0.05) is 5.46 Å². The predicted octanol–water partition coefficient (Wildman–Crippen LogP) is 5.10. The second-order valence-corrected chi connectivity index (χ2v) is 10.4. The second-order valence-electron chi connectivity index (χ2n) is 8.57. The summed E-state index contributed by atoms with van der Waals surface area (Å²) in [5, 5.41) is -0.216. The van der Waals surface area contributed by atoms with E-state index in [1.807, 2.05) is 27.7 Å². The van der Waals surface area contributed by atoms with E-state index in [1.54, 1.807) is 66.7 Å². The van der Waals surface area contributed by atoms with Crippen LogP contribution in [-0.4, -0.2) is 18.3 Å². The lowest BCUT2D eigenvalue weighted by molar-refractivity contribution is 0.00578. The molecule has 0 unspecified atom stereocenters. The van der Waals surface area contributed by atoms with Crippen LogP contribution in [0, 0.1) is 5.82 Å². The lowest BCUT2D eigenvalue weighted by atomic mass is 9.79. The topological polar surface area (TPSA) is 54.0 Å². The summed E-state index contributed by atoms with van der Waals surface area (Å²) in [6.07, 6.45) is 0. The molecule has 32 heavy (non-hydrogen) atoms. The maximum absolute atomic E-state index is 15.3. The molecule has 8 heteroatoms. The molecule has 0 aromatic heterocycles. The minimum atomic E-state index is -4.26. The second kappa shape index (κ2) is 8.40. The van der Waals surface area contributed by atoms with Crippen LogP contribution in [0.25, 0.3) is 0 Å². The van der Waals surface area contributed by atoms with E-state index in [-0.39, 0.29) is 22.3 Å². The van der Waals surface area contributed by atoms with E-state index >= 15 is 4.39 Å². The Labute approximate surface area is 188 Å². The van der Waals surface area contributed by atoms with E-state index < -0.39 is 31.7 Å². The lowest BCUT2D eigenvalue weighted by Gasteiger charge is -2.32. The Hall–Kier alpha value is -2.60. The van der Waals surface area contributed by atoms with Crippen LogP contribution in [0.4, 0.5) is 4.39 Å². The zero-order chi connectivity index (χ0) is 23.0. The van der Waals surface area contributed by atoms with E-state index in [0.717, 1.165) is 0 Å². The molecule has 166 valence electrons. The molecule has 3 aromatic rings. The molecule has 0 N–H and O–H groups in total. The molecule has 1 saturated heterocycles. The maximum atomic E-state index is 15.3. The van der Waals surface area contributed by atoms with Crippen molar-refractivity contribution in [1.82, 2.24) is 0 Å². The zero-order valence-corrected chi connectivity index (χ0v) is 19.3. The van der Waals surface area contributed by atoms with Gasteiger partial charge in [-0.15, -0.1) is 0 Å². The molecular formula is C24H25BFO5P. The van der Waals surface area contributed by atoms with Crippen LogP contribution in [-0.2, 0) is 13.9 Å². The van der Waals surface area contributed by atoms with Crippen LogP contribution in [0.15, 0.2) is 78.9 Å². The molecule has 0 spiro atoms. The van der Waals surface area contributed by atoms with Gasteiger partial charge in [0.25, 0.3) is 0 Å². The molecule has 1 aliphatic rings. The summed E-state index contributed by atoms with van der Waals surface area (Å²) < 4.78 is 53.6. The van der Waals surface area contributed by atoms with Gasteiger partial charge >= 0.3 is 14.7 Å². The van der Waals surface area contributed by atoms with Crippen molar-refractivity contribution in [3.05, 3.63) is 84.7 Å². The van der Waals surface area contributed by atoms with E-state index in [1.165, 1.54) is 12.1 Å². The fourth-order valence-electron chi connectivity index (χ4n) is 3.33. The highest BCUT2D eigenvalue weighted by Crippen LogP contribution is 2.48. The third kappa shape index (κ3) is 4.33. The molecule has 1 aliphatic heterocycles. The van der Waals surface area contributed by atoms with Crippen molar-refractivity contribution in [2.24, 2.45) is 0 Å². The van der Waals surface area contributed by atoms with Gasteiger partial charge < -0.3 is 18.4 Å². The van der Waals surface area contributed by atoms with Gasteiger partial charge in [-0.05, 0) is 58.0 Å². The van der Waals surface area contributed by atoms with Gasteiger partial charge in [0.15, 0.2) is 0 Å².